The number of ether oxygens (including phenoxy) is 1. The van der Waals surface area contributed by atoms with E-state index < -0.39 is 0 Å². The van der Waals surface area contributed by atoms with Gasteiger partial charge in [0.15, 0.2) is 5.82 Å². The Bertz CT molecular complexity index is 1440. The average Bonchev–Trinajstić information content (AvgIpc) is 3.17. The molecular formula is C22H18N6O2. The molecule has 148 valence electrons. The number of benzene rings is 2. The van der Waals surface area contributed by atoms with Gasteiger partial charge in [-0.15, -0.1) is 0 Å². The molecule has 0 bridgehead atoms. The number of hydrogen-bond donors (Lipinski definition) is 3. The summed E-state index contributed by atoms with van der Waals surface area (Å²) >= 11 is 0. The molecule has 0 aliphatic carbocycles. The fourth-order valence-corrected chi connectivity index (χ4v) is 3.55. The minimum Gasteiger partial charge on any atom is -0.494 e. The molecule has 0 radical (unpaired) electrons. The third kappa shape index (κ3) is 2.95. The highest BCUT2D eigenvalue weighted by atomic mass is 16.5. The number of methoxy groups -OCH3 is 1. The van der Waals surface area contributed by atoms with Crippen LogP contribution >= 0.6 is 0 Å². The normalized spacial score (nSPS) is 11.1. The zero-order chi connectivity index (χ0) is 20.7. The molecule has 0 spiro atoms. The maximum absolute atomic E-state index is 11.6. The summed E-state index contributed by atoms with van der Waals surface area (Å²) in [4.78, 5) is 30.7. The van der Waals surface area contributed by atoms with Crippen LogP contribution in [-0.4, -0.2) is 39.1 Å². The second-order valence-corrected chi connectivity index (χ2v) is 6.80. The fraction of sp³-hybridized carbons (Fsp3) is 0.0909. The van der Waals surface area contributed by atoms with Gasteiger partial charge in [-0.05, 0) is 47.5 Å². The molecular weight excluding hydrogens is 380 g/mol. The predicted molar refractivity (Wildman–Crippen MR) is 117 cm³/mol. The number of pyridine rings is 1. The number of nitrogens with zero attached hydrogens (tertiary/aromatic N) is 3. The first-order chi connectivity index (χ1) is 14.7. The zero-order valence-corrected chi connectivity index (χ0v) is 16.4. The molecule has 0 amide bonds. The van der Waals surface area contributed by atoms with Crippen LogP contribution in [0.4, 0.5) is 5.82 Å². The number of fused-ring (bicyclic) bond motifs is 2. The van der Waals surface area contributed by atoms with Crippen LogP contribution in [0.5, 0.6) is 5.75 Å². The quantitative estimate of drug-likeness (QED) is 0.427. The van der Waals surface area contributed by atoms with Gasteiger partial charge in [0.1, 0.15) is 17.1 Å². The van der Waals surface area contributed by atoms with E-state index in [1.165, 1.54) is 0 Å². The summed E-state index contributed by atoms with van der Waals surface area (Å²) in [6, 6.07) is 13.5. The number of nitrogens with one attached hydrogen (secondary N) is 3. The molecule has 8 nitrogen and oxygen atoms in total. The molecule has 0 unspecified atom stereocenters. The van der Waals surface area contributed by atoms with E-state index in [1.54, 1.807) is 19.5 Å². The van der Waals surface area contributed by atoms with Crippen LogP contribution in [0, 0.1) is 0 Å². The zero-order valence-electron chi connectivity index (χ0n) is 16.4. The van der Waals surface area contributed by atoms with Gasteiger partial charge in [-0.1, -0.05) is 6.07 Å². The Morgan fingerprint density at radius 3 is 2.60 bits per heavy atom. The Kier molecular flexibility index (Phi) is 4.17. The second-order valence-electron chi connectivity index (χ2n) is 6.80. The molecule has 8 heteroatoms. The van der Waals surface area contributed by atoms with Gasteiger partial charge in [0.2, 0.25) is 0 Å². The number of imidazole rings is 1. The van der Waals surface area contributed by atoms with Crippen molar-refractivity contribution in [2.45, 2.75) is 0 Å². The average molecular weight is 398 g/mol. The molecule has 0 fully saturated rings. The standard InChI is InChI=1S/C22H18N6O2/c1-23-21-15-8-14(12-5-6-16-17(9-12)26-22(29)25-16)10-18(30-2)19(15)27-20(28-21)13-4-3-7-24-11-13/h3-11H,1-2H3,(H,23,27,28)(H2,25,26,29). The number of rotatable bonds is 4. The molecule has 0 atom stereocenters. The number of aromatic nitrogens is 5. The van der Waals surface area contributed by atoms with Crippen LogP contribution < -0.4 is 15.7 Å². The van der Waals surface area contributed by atoms with E-state index in [1.807, 2.05) is 49.5 Å². The third-order valence-electron chi connectivity index (χ3n) is 4.99. The summed E-state index contributed by atoms with van der Waals surface area (Å²) in [7, 11) is 3.45. The molecule has 30 heavy (non-hydrogen) atoms. The van der Waals surface area contributed by atoms with Crippen LogP contribution in [0.15, 0.2) is 59.7 Å². The lowest BCUT2D eigenvalue weighted by molar-refractivity contribution is 0.419. The van der Waals surface area contributed by atoms with Crippen molar-refractivity contribution >= 4 is 27.8 Å². The highest BCUT2D eigenvalue weighted by molar-refractivity contribution is 5.98. The first-order valence-corrected chi connectivity index (χ1v) is 9.36. The van der Waals surface area contributed by atoms with Gasteiger partial charge in [0, 0.05) is 30.4 Å². The van der Waals surface area contributed by atoms with Crippen molar-refractivity contribution in [2.75, 3.05) is 19.5 Å². The molecule has 3 heterocycles. The van der Waals surface area contributed by atoms with Crippen molar-refractivity contribution in [3.05, 3.63) is 65.3 Å². The summed E-state index contributed by atoms with van der Waals surface area (Å²) in [6.45, 7) is 0. The van der Waals surface area contributed by atoms with Crippen LogP contribution in [0.2, 0.25) is 0 Å². The third-order valence-corrected chi connectivity index (χ3v) is 4.99. The lowest BCUT2D eigenvalue weighted by Gasteiger charge is -2.13. The largest absolute Gasteiger partial charge is 0.494 e. The van der Waals surface area contributed by atoms with Gasteiger partial charge in [-0.25, -0.2) is 14.8 Å². The Morgan fingerprint density at radius 2 is 1.83 bits per heavy atom. The Balaban J connectivity index is 1.74. The SMILES string of the molecule is CNc1nc(-c2cccnc2)nc2c(OC)cc(-c3ccc4[nH]c(=O)[nH]c4c3)cc12. The maximum Gasteiger partial charge on any atom is 0.323 e. The second kappa shape index (κ2) is 7.00. The van der Waals surface area contributed by atoms with E-state index in [0.717, 1.165) is 33.1 Å². The fourth-order valence-electron chi connectivity index (χ4n) is 3.55. The van der Waals surface area contributed by atoms with E-state index in [-0.39, 0.29) is 5.69 Å². The highest BCUT2D eigenvalue weighted by Gasteiger charge is 2.15. The molecule has 0 aliphatic rings. The number of H-pyrrole nitrogens is 2. The first kappa shape index (κ1) is 17.9. The maximum atomic E-state index is 11.6. The summed E-state index contributed by atoms with van der Waals surface area (Å²) in [6.07, 6.45) is 3.44. The summed E-state index contributed by atoms with van der Waals surface area (Å²) in [5, 5.41) is 4.00. The van der Waals surface area contributed by atoms with E-state index >= 15 is 0 Å². The summed E-state index contributed by atoms with van der Waals surface area (Å²) in [5.41, 5.74) is 4.67. The summed E-state index contributed by atoms with van der Waals surface area (Å²) < 4.78 is 5.67. The Morgan fingerprint density at radius 1 is 0.967 bits per heavy atom. The number of aromatic amines is 2. The Hall–Kier alpha value is -4.20. The predicted octanol–water partition coefficient (Wildman–Crippen LogP) is 3.58. The smallest absolute Gasteiger partial charge is 0.323 e. The summed E-state index contributed by atoms with van der Waals surface area (Å²) in [5.74, 6) is 1.89. The lowest BCUT2D eigenvalue weighted by Crippen LogP contribution is -2.01. The van der Waals surface area contributed by atoms with Crippen molar-refractivity contribution in [1.82, 2.24) is 24.9 Å². The van der Waals surface area contributed by atoms with Crippen molar-refractivity contribution in [3.8, 4) is 28.3 Å². The molecule has 0 aliphatic heterocycles. The molecule has 0 saturated heterocycles. The minimum atomic E-state index is -0.230. The van der Waals surface area contributed by atoms with Gasteiger partial charge in [-0.2, -0.15) is 0 Å². The van der Waals surface area contributed by atoms with Crippen LogP contribution in [0.1, 0.15) is 0 Å². The van der Waals surface area contributed by atoms with E-state index in [2.05, 4.69) is 25.3 Å². The van der Waals surface area contributed by atoms with Crippen LogP contribution in [0.25, 0.3) is 44.5 Å². The van der Waals surface area contributed by atoms with Crippen LogP contribution in [-0.2, 0) is 0 Å². The molecule has 2 aromatic carbocycles. The van der Waals surface area contributed by atoms with Gasteiger partial charge >= 0.3 is 5.69 Å². The van der Waals surface area contributed by atoms with Crippen molar-refractivity contribution in [2.24, 2.45) is 0 Å². The van der Waals surface area contributed by atoms with E-state index in [9.17, 15) is 4.79 Å². The van der Waals surface area contributed by atoms with Gasteiger partial charge in [0.05, 0.1) is 18.1 Å². The highest BCUT2D eigenvalue weighted by Crippen LogP contribution is 2.36. The minimum absolute atomic E-state index is 0.230. The Labute approximate surface area is 171 Å². The number of anilines is 1. The van der Waals surface area contributed by atoms with Gasteiger partial charge in [0.25, 0.3) is 0 Å². The lowest BCUT2D eigenvalue weighted by atomic mass is 10.0. The van der Waals surface area contributed by atoms with E-state index in [4.69, 9.17) is 9.72 Å². The van der Waals surface area contributed by atoms with Crippen LogP contribution in [0.3, 0.4) is 0 Å². The molecule has 3 N–H and O–H groups in total. The first-order valence-electron chi connectivity index (χ1n) is 9.36. The van der Waals surface area contributed by atoms with Crippen molar-refractivity contribution < 1.29 is 4.74 Å². The molecule has 5 aromatic rings. The van der Waals surface area contributed by atoms with Crippen molar-refractivity contribution in [1.29, 1.82) is 0 Å². The van der Waals surface area contributed by atoms with Crippen molar-refractivity contribution in [3.63, 3.8) is 0 Å². The molecule has 3 aromatic heterocycles. The topological polar surface area (TPSA) is 109 Å². The van der Waals surface area contributed by atoms with Gasteiger partial charge < -0.3 is 20.0 Å². The number of hydrogen-bond acceptors (Lipinski definition) is 6. The molecule has 5 rings (SSSR count). The van der Waals surface area contributed by atoms with Gasteiger partial charge in [-0.3, -0.25) is 4.98 Å². The van der Waals surface area contributed by atoms with E-state index in [0.29, 0.717) is 22.9 Å². The monoisotopic (exact) mass is 398 g/mol. The molecule has 0 saturated carbocycles.